The maximum atomic E-state index is 12.3. The number of primary sulfonamides is 1. The molecule has 0 spiro atoms. The second-order valence-corrected chi connectivity index (χ2v) is 7.74. The van der Waals surface area contributed by atoms with Gasteiger partial charge < -0.3 is 10.6 Å². The van der Waals surface area contributed by atoms with Gasteiger partial charge in [0.25, 0.3) is 0 Å². The molecule has 5 nitrogen and oxygen atoms in total. The van der Waals surface area contributed by atoms with E-state index in [0.29, 0.717) is 18.4 Å². The quantitative estimate of drug-likeness (QED) is 0.670. The van der Waals surface area contributed by atoms with E-state index in [-0.39, 0.29) is 4.90 Å². The predicted molar refractivity (Wildman–Crippen MR) is 105 cm³/mol. The average molecular weight is 364 g/mol. The van der Waals surface area contributed by atoms with Gasteiger partial charge in [0.15, 0.2) is 0 Å². The van der Waals surface area contributed by atoms with Gasteiger partial charge in [-0.3, -0.25) is 0 Å². The fourth-order valence-electron chi connectivity index (χ4n) is 3.37. The molecule has 0 aliphatic carbocycles. The van der Waals surface area contributed by atoms with Crippen LogP contribution in [0, 0.1) is 0 Å². The van der Waals surface area contributed by atoms with Gasteiger partial charge in [-0.25, -0.2) is 13.6 Å². The molecule has 0 bridgehead atoms. The van der Waals surface area contributed by atoms with Crippen LogP contribution < -0.4 is 15.8 Å². The number of sulfonamides is 1. The van der Waals surface area contributed by atoms with Gasteiger partial charge >= 0.3 is 0 Å². The largest absolute Gasteiger partial charge is 0.372 e. The van der Waals surface area contributed by atoms with Gasteiger partial charge in [0, 0.05) is 29.5 Å². The van der Waals surface area contributed by atoms with E-state index in [2.05, 4.69) is 18.7 Å². The maximum absolute atomic E-state index is 12.3. The highest BCUT2D eigenvalue weighted by atomic mass is 32.2. The molecule has 0 saturated heterocycles. The van der Waals surface area contributed by atoms with Crippen molar-refractivity contribution in [2.45, 2.75) is 44.4 Å². The van der Waals surface area contributed by atoms with E-state index in [4.69, 9.17) is 10.9 Å². The lowest BCUT2D eigenvalue weighted by molar-refractivity contribution is 0.596. The van der Waals surface area contributed by atoms with Crippen LogP contribution in [0.25, 0.3) is 10.8 Å². The molecule has 0 radical (unpaired) electrons. The number of anilines is 1. The third kappa shape index (κ3) is 4.51. The summed E-state index contributed by atoms with van der Waals surface area (Å²) in [7, 11) is -3.80. The molecule has 2 aromatic rings. The molecule has 25 heavy (non-hydrogen) atoms. The van der Waals surface area contributed by atoms with Gasteiger partial charge in [0.1, 0.15) is 0 Å². The van der Waals surface area contributed by atoms with Crippen LogP contribution in [0.4, 0.5) is 5.69 Å². The zero-order valence-electron chi connectivity index (χ0n) is 15.2. The Bertz CT molecular complexity index is 815. The minimum atomic E-state index is -3.80. The van der Waals surface area contributed by atoms with Crippen molar-refractivity contribution in [3.8, 4) is 0 Å². The molecule has 0 aromatic heterocycles. The normalized spacial score (nSPS) is 11.8. The highest BCUT2D eigenvalue weighted by molar-refractivity contribution is 7.89. The van der Waals surface area contributed by atoms with E-state index >= 15 is 0 Å². The number of nitrogens with two attached hydrogens (primary N) is 2. The molecule has 0 heterocycles. The SMILES string of the molecule is CCN(CC)c1cccc2c(S(N)(=O)=O)c(CCCCCN)ccc12. The minimum Gasteiger partial charge on any atom is -0.372 e. The van der Waals surface area contributed by atoms with Crippen molar-refractivity contribution >= 4 is 26.5 Å². The van der Waals surface area contributed by atoms with Crippen molar-refractivity contribution in [1.82, 2.24) is 0 Å². The Kier molecular flexibility index (Phi) is 6.81. The van der Waals surface area contributed by atoms with Gasteiger partial charge in [-0.2, -0.15) is 0 Å². The Morgan fingerprint density at radius 1 is 0.960 bits per heavy atom. The van der Waals surface area contributed by atoms with E-state index in [1.165, 1.54) is 0 Å². The van der Waals surface area contributed by atoms with Gasteiger partial charge in [-0.15, -0.1) is 0 Å². The van der Waals surface area contributed by atoms with E-state index in [9.17, 15) is 8.42 Å². The van der Waals surface area contributed by atoms with Crippen molar-refractivity contribution in [2.75, 3.05) is 24.5 Å². The maximum Gasteiger partial charge on any atom is 0.238 e. The molecule has 0 saturated carbocycles. The van der Waals surface area contributed by atoms with Gasteiger partial charge in [-0.05, 0) is 51.3 Å². The first-order chi connectivity index (χ1) is 11.9. The average Bonchev–Trinajstić information content (AvgIpc) is 2.58. The molecular weight excluding hydrogens is 334 g/mol. The summed E-state index contributed by atoms with van der Waals surface area (Å²) in [6.45, 7) is 6.57. The Morgan fingerprint density at radius 2 is 1.68 bits per heavy atom. The zero-order chi connectivity index (χ0) is 18.4. The highest BCUT2D eigenvalue weighted by Crippen LogP contribution is 2.33. The van der Waals surface area contributed by atoms with Crippen LogP contribution in [0.15, 0.2) is 35.2 Å². The number of hydrogen-bond acceptors (Lipinski definition) is 4. The van der Waals surface area contributed by atoms with Crippen molar-refractivity contribution in [3.63, 3.8) is 0 Å². The summed E-state index contributed by atoms with van der Waals surface area (Å²) in [5.41, 5.74) is 7.37. The summed E-state index contributed by atoms with van der Waals surface area (Å²) in [4.78, 5) is 2.49. The third-order valence-corrected chi connectivity index (χ3v) is 5.66. The molecule has 0 atom stereocenters. The number of benzene rings is 2. The third-order valence-electron chi connectivity index (χ3n) is 4.61. The topological polar surface area (TPSA) is 89.4 Å². The zero-order valence-corrected chi connectivity index (χ0v) is 16.0. The van der Waals surface area contributed by atoms with Crippen LogP contribution in [0.3, 0.4) is 0 Å². The Hall–Kier alpha value is -1.63. The van der Waals surface area contributed by atoms with Crippen LogP contribution in [0.1, 0.15) is 38.7 Å². The van der Waals surface area contributed by atoms with Crippen molar-refractivity contribution in [3.05, 3.63) is 35.9 Å². The van der Waals surface area contributed by atoms with E-state index in [1.807, 2.05) is 30.3 Å². The first kappa shape index (κ1) is 19.7. The lowest BCUT2D eigenvalue weighted by atomic mass is 10.0. The molecule has 2 rings (SSSR count). The number of unbranched alkanes of at least 4 members (excludes halogenated alkanes) is 2. The lowest BCUT2D eigenvalue weighted by Gasteiger charge is -2.24. The van der Waals surface area contributed by atoms with E-state index < -0.39 is 10.0 Å². The first-order valence-electron chi connectivity index (χ1n) is 8.96. The monoisotopic (exact) mass is 363 g/mol. The van der Waals surface area contributed by atoms with Gasteiger partial charge in [0.2, 0.25) is 10.0 Å². The molecule has 0 aliphatic rings. The first-order valence-corrected chi connectivity index (χ1v) is 10.5. The fourth-order valence-corrected chi connectivity index (χ4v) is 4.39. The Labute approximate surface area is 151 Å². The molecule has 4 N–H and O–H groups in total. The van der Waals surface area contributed by atoms with E-state index in [1.54, 1.807) is 0 Å². The molecule has 0 amide bonds. The van der Waals surface area contributed by atoms with Crippen LogP contribution in [0.2, 0.25) is 0 Å². The van der Waals surface area contributed by atoms with Crippen molar-refractivity contribution in [1.29, 1.82) is 0 Å². The number of hydrogen-bond donors (Lipinski definition) is 2. The number of nitrogens with zero attached hydrogens (tertiary/aromatic N) is 1. The Balaban J connectivity index is 2.58. The minimum absolute atomic E-state index is 0.270. The van der Waals surface area contributed by atoms with Crippen molar-refractivity contribution in [2.24, 2.45) is 10.9 Å². The number of aryl methyl sites for hydroxylation is 1. The smallest absolute Gasteiger partial charge is 0.238 e. The van der Waals surface area contributed by atoms with Gasteiger partial charge in [-0.1, -0.05) is 30.7 Å². The fraction of sp³-hybridized carbons (Fsp3) is 0.474. The summed E-state index contributed by atoms with van der Waals surface area (Å²) in [5.74, 6) is 0. The molecule has 0 unspecified atom stereocenters. The summed E-state index contributed by atoms with van der Waals surface area (Å²) in [6.07, 6.45) is 3.53. The molecule has 6 heteroatoms. The lowest BCUT2D eigenvalue weighted by Crippen LogP contribution is -2.22. The van der Waals surface area contributed by atoms with Crippen LogP contribution in [-0.2, 0) is 16.4 Å². The predicted octanol–water partition coefficient (Wildman–Crippen LogP) is 3.00. The molecule has 0 fully saturated rings. The van der Waals surface area contributed by atoms with Crippen LogP contribution in [0.5, 0.6) is 0 Å². The van der Waals surface area contributed by atoms with E-state index in [0.717, 1.165) is 49.0 Å². The molecule has 0 aliphatic heterocycles. The number of rotatable bonds is 9. The second kappa shape index (κ2) is 8.65. The number of fused-ring (bicyclic) bond motifs is 1. The van der Waals surface area contributed by atoms with Crippen LogP contribution in [-0.4, -0.2) is 28.1 Å². The summed E-state index contributed by atoms with van der Waals surface area (Å²) in [6, 6.07) is 9.73. The van der Waals surface area contributed by atoms with Crippen molar-refractivity contribution < 1.29 is 8.42 Å². The highest BCUT2D eigenvalue weighted by Gasteiger charge is 2.19. The summed E-state index contributed by atoms with van der Waals surface area (Å²) < 4.78 is 24.6. The molecular formula is C19H29N3O2S. The van der Waals surface area contributed by atoms with Gasteiger partial charge in [0.05, 0.1) is 4.90 Å². The Morgan fingerprint density at radius 3 is 2.28 bits per heavy atom. The van der Waals surface area contributed by atoms with Crippen LogP contribution >= 0.6 is 0 Å². The standard InChI is InChI=1S/C19H29N3O2S/c1-3-22(4-2)18-11-8-10-17-16(18)13-12-15(9-6-5-7-14-20)19(17)25(21,23)24/h8,10-13H,3-7,9,14,20H2,1-2H3,(H2,21,23,24). The molecule has 138 valence electrons. The summed E-state index contributed by atoms with van der Waals surface area (Å²) in [5, 5.41) is 7.23. The molecule has 2 aromatic carbocycles. The summed E-state index contributed by atoms with van der Waals surface area (Å²) >= 11 is 0. The second-order valence-electron chi connectivity index (χ2n) is 6.24.